The van der Waals surface area contributed by atoms with Crippen LogP contribution in [0, 0.1) is 5.82 Å². The van der Waals surface area contributed by atoms with Crippen LogP contribution in [0.1, 0.15) is 12.0 Å². The van der Waals surface area contributed by atoms with E-state index in [1.54, 1.807) is 19.2 Å². The van der Waals surface area contributed by atoms with Crippen LogP contribution in [0.15, 0.2) is 60.7 Å². The van der Waals surface area contributed by atoms with Gasteiger partial charge >= 0.3 is 0 Å². The lowest BCUT2D eigenvalue weighted by atomic mass is 10.1. The fraction of sp³-hybridized carbons (Fsp3) is 0.273. The Hall–Kier alpha value is -2.99. The van der Waals surface area contributed by atoms with Crippen molar-refractivity contribution in [2.75, 3.05) is 37.4 Å². The van der Waals surface area contributed by atoms with Crippen molar-refractivity contribution >= 4 is 11.8 Å². The molecule has 0 atom stereocenters. The van der Waals surface area contributed by atoms with E-state index in [2.05, 4.69) is 20.6 Å². The first-order chi connectivity index (χ1) is 13.7. The van der Waals surface area contributed by atoms with E-state index in [0.29, 0.717) is 19.1 Å². The highest BCUT2D eigenvalue weighted by atomic mass is 19.1. The molecule has 1 aromatic heterocycles. The summed E-state index contributed by atoms with van der Waals surface area (Å²) in [5, 5.41) is 6.61. The number of nitrogens with one attached hydrogen (secondary N) is 2. The molecule has 5 nitrogen and oxygen atoms in total. The number of rotatable bonds is 10. The van der Waals surface area contributed by atoms with E-state index >= 15 is 0 Å². The maximum atomic E-state index is 13.0. The second kappa shape index (κ2) is 10.4. The van der Waals surface area contributed by atoms with Crippen LogP contribution in [-0.2, 0) is 11.2 Å². The summed E-state index contributed by atoms with van der Waals surface area (Å²) in [6, 6.07) is 18.5. The predicted octanol–water partition coefficient (Wildman–Crippen LogP) is 4.39. The molecule has 3 rings (SSSR count). The second-order valence-electron chi connectivity index (χ2n) is 6.40. The number of nitrogens with zero attached hydrogens (tertiary/aromatic N) is 2. The van der Waals surface area contributed by atoms with Gasteiger partial charge < -0.3 is 15.4 Å². The summed E-state index contributed by atoms with van der Waals surface area (Å²) < 4.78 is 18.1. The highest BCUT2D eigenvalue weighted by molar-refractivity contribution is 5.64. The van der Waals surface area contributed by atoms with E-state index in [1.165, 1.54) is 12.1 Å². The van der Waals surface area contributed by atoms with Gasteiger partial charge in [-0.3, -0.25) is 0 Å². The van der Waals surface area contributed by atoms with Gasteiger partial charge in [0.2, 0.25) is 5.95 Å². The molecular weight excluding hydrogens is 355 g/mol. The molecule has 6 heteroatoms. The summed E-state index contributed by atoms with van der Waals surface area (Å²) in [6.45, 7) is 2.13. The van der Waals surface area contributed by atoms with Gasteiger partial charge in [0.1, 0.15) is 11.6 Å². The van der Waals surface area contributed by atoms with E-state index in [0.717, 1.165) is 42.0 Å². The number of halogens is 1. The quantitative estimate of drug-likeness (QED) is 0.511. The molecule has 0 aliphatic carbocycles. The lowest BCUT2D eigenvalue weighted by Crippen LogP contribution is -2.11. The minimum atomic E-state index is -0.222. The summed E-state index contributed by atoms with van der Waals surface area (Å²) >= 11 is 0. The maximum Gasteiger partial charge on any atom is 0.225 e. The molecular formula is C22H25FN4O. The van der Waals surface area contributed by atoms with Crippen LogP contribution in [0.25, 0.3) is 11.3 Å². The average Bonchev–Trinajstić information content (AvgIpc) is 2.73. The minimum Gasteiger partial charge on any atom is -0.385 e. The molecule has 0 spiro atoms. The van der Waals surface area contributed by atoms with Crippen LogP contribution in [0.5, 0.6) is 0 Å². The van der Waals surface area contributed by atoms with Gasteiger partial charge in [-0.25, -0.2) is 9.37 Å². The minimum absolute atomic E-state index is 0.222. The Kier molecular flexibility index (Phi) is 7.32. The zero-order valence-electron chi connectivity index (χ0n) is 16.0. The molecule has 3 aromatic rings. The Bertz CT molecular complexity index is 856. The first kappa shape index (κ1) is 19.8. The van der Waals surface area contributed by atoms with Gasteiger partial charge in [-0.15, -0.1) is 0 Å². The molecule has 0 aliphatic rings. The van der Waals surface area contributed by atoms with Crippen molar-refractivity contribution in [2.45, 2.75) is 12.8 Å². The number of methoxy groups -OCH3 is 1. The van der Waals surface area contributed by atoms with Gasteiger partial charge in [0.05, 0.1) is 5.69 Å². The monoisotopic (exact) mass is 380 g/mol. The van der Waals surface area contributed by atoms with E-state index < -0.39 is 0 Å². The summed E-state index contributed by atoms with van der Waals surface area (Å²) in [4.78, 5) is 9.21. The highest BCUT2D eigenvalue weighted by Crippen LogP contribution is 2.21. The Labute approximate surface area is 165 Å². The Morgan fingerprint density at radius 2 is 1.71 bits per heavy atom. The molecule has 2 aromatic carbocycles. The van der Waals surface area contributed by atoms with Crippen LogP contribution in [0.2, 0.25) is 0 Å². The molecule has 0 amide bonds. The number of hydrogen-bond acceptors (Lipinski definition) is 5. The molecule has 0 aliphatic heterocycles. The lowest BCUT2D eigenvalue weighted by molar-refractivity contribution is 0.198. The van der Waals surface area contributed by atoms with Crippen LogP contribution in [0.4, 0.5) is 16.2 Å². The third-order valence-corrected chi connectivity index (χ3v) is 4.24. The van der Waals surface area contributed by atoms with Gasteiger partial charge in [0.15, 0.2) is 0 Å². The maximum absolute atomic E-state index is 13.0. The molecule has 0 saturated carbocycles. The van der Waals surface area contributed by atoms with E-state index in [9.17, 15) is 4.39 Å². The first-order valence-electron chi connectivity index (χ1n) is 9.40. The Morgan fingerprint density at radius 3 is 2.46 bits per heavy atom. The van der Waals surface area contributed by atoms with Crippen LogP contribution >= 0.6 is 0 Å². The van der Waals surface area contributed by atoms with Crippen molar-refractivity contribution in [3.05, 3.63) is 72.0 Å². The van der Waals surface area contributed by atoms with Gasteiger partial charge in [0, 0.05) is 38.4 Å². The number of ether oxygens (including phenoxy) is 1. The topological polar surface area (TPSA) is 59.1 Å². The summed E-state index contributed by atoms with van der Waals surface area (Å²) in [6.07, 6.45) is 1.66. The molecule has 0 bridgehead atoms. The second-order valence-corrected chi connectivity index (χ2v) is 6.40. The molecule has 28 heavy (non-hydrogen) atoms. The molecule has 0 radical (unpaired) electrons. The third kappa shape index (κ3) is 6.03. The Balaban J connectivity index is 1.69. The standard InChI is InChI=1S/C22H25FN4O/c1-28-15-5-13-24-21-16-20(18-6-3-2-4-7-18)26-22(27-21)25-14-12-17-8-10-19(23)11-9-17/h2-4,6-11,16H,5,12-15H2,1H3,(H2,24,25,26,27). The largest absolute Gasteiger partial charge is 0.385 e. The number of aromatic nitrogens is 2. The van der Waals surface area contributed by atoms with Crippen molar-refractivity contribution < 1.29 is 9.13 Å². The Morgan fingerprint density at radius 1 is 0.929 bits per heavy atom. The highest BCUT2D eigenvalue weighted by Gasteiger charge is 2.07. The number of anilines is 2. The smallest absolute Gasteiger partial charge is 0.225 e. The molecule has 1 heterocycles. The fourth-order valence-electron chi connectivity index (χ4n) is 2.78. The van der Waals surface area contributed by atoms with Crippen LogP contribution in [0.3, 0.4) is 0 Å². The summed E-state index contributed by atoms with van der Waals surface area (Å²) in [5.41, 5.74) is 2.95. The lowest BCUT2D eigenvalue weighted by Gasteiger charge is -2.11. The fourth-order valence-corrected chi connectivity index (χ4v) is 2.78. The average molecular weight is 380 g/mol. The van der Waals surface area contributed by atoms with Crippen LogP contribution in [-0.4, -0.2) is 36.8 Å². The van der Waals surface area contributed by atoms with Gasteiger partial charge in [-0.1, -0.05) is 42.5 Å². The van der Waals surface area contributed by atoms with Gasteiger partial charge in [0.25, 0.3) is 0 Å². The first-order valence-corrected chi connectivity index (χ1v) is 9.40. The van der Waals surface area contributed by atoms with Crippen molar-refractivity contribution in [1.29, 1.82) is 0 Å². The van der Waals surface area contributed by atoms with Crippen molar-refractivity contribution in [3.63, 3.8) is 0 Å². The van der Waals surface area contributed by atoms with E-state index in [4.69, 9.17) is 4.74 Å². The van der Waals surface area contributed by atoms with E-state index in [1.807, 2.05) is 36.4 Å². The molecule has 0 fully saturated rings. The molecule has 0 saturated heterocycles. The third-order valence-electron chi connectivity index (χ3n) is 4.24. The summed E-state index contributed by atoms with van der Waals surface area (Å²) in [7, 11) is 1.70. The van der Waals surface area contributed by atoms with Gasteiger partial charge in [-0.05, 0) is 30.5 Å². The van der Waals surface area contributed by atoms with Crippen molar-refractivity contribution in [1.82, 2.24) is 9.97 Å². The predicted molar refractivity (Wildman–Crippen MR) is 111 cm³/mol. The molecule has 2 N–H and O–H groups in total. The van der Waals surface area contributed by atoms with Gasteiger partial charge in [-0.2, -0.15) is 4.98 Å². The summed E-state index contributed by atoms with van der Waals surface area (Å²) in [5.74, 6) is 1.12. The zero-order valence-corrected chi connectivity index (χ0v) is 16.0. The zero-order chi connectivity index (χ0) is 19.6. The molecule has 146 valence electrons. The van der Waals surface area contributed by atoms with Crippen molar-refractivity contribution in [3.8, 4) is 11.3 Å². The molecule has 0 unspecified atom stereocenters. The SMILES string of the molecule is COCCCNc1cc(-c2ccccc2)nc(NCCc2ccc(F)cc2)n1. The number of hydrogen-bond donors (Lipinski definition) is 2. The van der Waals surface area contributed by atoms with Crippen LogP contribution < -0.4 is 10.6 Å². The number of benzene rings is 2. The van der Waals surface area contributed by atoms with E-state index in [-0.39, 0.29) is 5.82 Å². The van der Waals surface area contributed by atoms with Crippen molar-refractivity contribution in [2.24, 2.45) is 0 Å². The normalized spacial score (nSPS) is 10.6.